The first kappa shape index (κ1) is 20.4. The number of benzene rings is 2. The molecule has 0 spiro atoms. The second kappa shape index (κ2) is 8.77. The van der Waals surface area contributed by atoms with Gasteiger partial charge in [-0.15, -0.1) is 0 Å². The Bertz CT molecular complexity index is 1080. The van der Waals surface area contributed by atoms with E-state index in [2.05, 4.69) is 26.6 Å². The van der Waals surface area contributed by atoms with Crippen LogP contribution in [0.4, 0.5) is 11.4 Å². The van der Waals surface area contributed by atoms with Crippen molar-refractivity contribution in [3.05, 3.63) is 70.7 Å². The number of rotatable bonds is 4. The van der Waals surface area contributed by atoms with Gasteiger partial charge < -0.3 is 10.6 Å². The van der Waals surface area contributed by atoms with Crippen molar-refractivity contribution >= 4 is 62.4 Å². The predicted octanol–water partition coefficient (Wildman–Crippen LogP) is 2.90. The van der Waals surface area contributed by atoms with Gasteiger partial charge in [0.2, 0.25) is 11.8 Å². The van der Waals surface area contributed by atoms with E-state index in [9.17, 15) is 19.6 Å². The molecule has 1 atom stereocenters. The lowest BCUT2D eigenvalue weighted by Crippen LogP contribution is -2.57. The van der Waals surface area contributed by atoms with Gasteiger partial charge in [0.25, 0.3) is 5.91 Å². The predicted molar refractivity (Wildman–Crippen MR) is 115 cm³/mol. The Morgan fingerprint density at radius 3 is 2.59 bits per heavy atom. The molecule has 2 N–H and O–H groups in total. The highest BCUT2D eigenvalue weighted by molar-refractivity contribution is 9.10. The number of halogens is 1. The summed E-state index contributed by atoms with van der Waals surface area (Å²) in [5.41, 5.74) is 0.564. The summed E-state index contributed by atoms with van der Waals surface area (Å²) < 4.78 is 0.742. The minimum absolute atomic E-state index is 0.0621. The molecule has 2 aromatic rings. The molecule has 1 fully saturated rings. The highest BCUT2D eigenvalue weighted by Gasteiger charge is 2.38. The number of anilines is 2. The molecule has 1 saturated heterocycles. The molecule has 0 bridgehead atoms. The first-order chi connectivity index (χ1) is 13.9. The van der Waals surface area contributed by atoms with Crippen molar-refractivity contribution in [3.8, 4) is 6.07 Å². The SMILES string of the molecule is N#C/C(=C/[C@@H]1C(=O)NC(=S)N(c2ccccc2)C1=O)C(=O)Nc1cccc(Br)c1. The zero-order chi connectivity index (χ0) is 21.0. The van der Waals surface area contributed by atoms with Crippen molar-refractivity contribution in [1.82, 2.24) is 5.32 Å². The molecular formula is C20H13BrN4O3S. The largest absolute Gasteiger partial charge is 0.321 e. The molecule has 3 amide bonds. The molecule has 0 aromatic heterocycles. The Morgan fingerprint density at radius 1 is 1.21 bits per heavy atom. The van der Waals surface area contributed by atoms with Crippen molar-refractivity contribution in [1.29, 1.82) is 5.26 Å². The van der Waals surface area contributed by atoms with E-state index >= 15 is 0 Å². The summed E-state index contributed by atoms with van der Waals surface area (Å²) in [7, 11) is 0. The number of para-hydroxylation sites is 1. The van der Waals surface area contributed by atoms with Crippen LogP contribution in [-0.4, -0.2) is 22.8 Å². The van der Waals surface area contributed by atoms with Gasteiger partial charge in [-0.25, -0.2) is 0 Å². The number of nitrogens with one attached hydrogen (secondary N) is 2. The van der Waals surface area contributed by atoms with Gasteiger partial charge in [0, 0.05) is 10.2 Å². The summed E-state index contributed by atoms with van der Waals surface area (Å²) in [5.74, 6) is -3.45. The molecule has 9 heteroatoms. The zero-order valence-electron chi connectivity index (χ0n) is 14.8. The van der Waals surface area contributed by atoms with Crippen LogP contribution in [0.15, 0.2) is 70.7 Å². The van der Waals surface area contributed by atoms with E-state index in [1.165, 1.54) is 4.90 Å². The quantitative estimate of drug-likeness (QED) is 0.310. The Balaban J connectivity index is 1.88. The molecular weight excluding hydrogens is 456 g/mol. The average molecular weight is 469 g/mol. The Hall–Kier alpha value is -3.35. The maximum atomic E-state index is 12.9. The summed E-state index contributed by atoms with van der Waals surface area (Å²) in [5, 5.41) is 14.3. The van der Waals surface area contributed by atoms with Gasteiger partial charge in [0.1, 0.15) is 17.6 Å². The van der Waals surface area contributed by atoms with E-state index in [0.29, 0.717) is 11.4 Å². The fraction of sp³-hybridized carbons (Fsp3) is 0.0500. The van der Waals surface area contributed by atoms with E-state index < -0.39 is 23.6 Å². The molecule has 1 aliphatic rings. The van der Waals surface area contributed by atoms with E-state index in [-0.39, 0.29) is 10.7 Å². The molecule has 0 aliphatic carbocycles. The first-order valence-electron chi connectivity index (χ1n) is 8.33. The molecule has 3 rings (SSSR count). The number of nitrogens with zero attached hydrogens (tertiary/aromatic N) is 2. The van der Waals surface area contributed by atoms with E-state index in [1.54, 1.807) is 60.7 Å². The van der Waals surface area contributed by atoms with Gasteiger partial charge >= 0.3 is 0 Å². The van der Waals surface area contributed by atoms with Crippen molar-refractivity contribution in [2.75, 3.05) is 10.2 Å². The molecule has 1 aliphatic heterocycles. The Morgan fingerprint density at radius 2 is 1.93 bits per heavy atom. The third-order valence-corrected chi connectivity index (χ3v) is 4.78. The minimum Gasteiger partial charge on any atom is -0.321 e. The van der Waals surface area contributed by atoms with Crippen molar-refractivity contribution in [2.24, 2.45) is 5.92 Å². The highest BCUT2D eigenvalue weighted by Crippen LogP contribution is 2.22. The maximum absolute atomic E-state index is 12.9. The fourth-order valence-corrected chi connectivity index (χ4v) is 3.35. The van der Waals surface area contributed by atoms with Crippen LogP contribution in [0.5, 0.6) is 0 Å². The highest BCUT2D eigenvalue weighted by atomic mass is 79.9. The van der Waals surface area contributed by atoms with E-state index in [0.717, 1.165) is 10.5 Å². The second-order valence-electron chi connectivity index (χ2n) is 5.94. The van der Waals surface area contributed by atoms with Crippen LogP contribution in [-0.2, 0) is 14.4 Å². The Labute approximate surface area is 180 Å². The van der Waals surface area contributed by atoms with Crippen LogP contribution in [0.25, 0.3) is 0 Å². The average Bonchev–Trinajstić information content (AvgIpc) is 2.68. The lowest BCUT2D eigenvalue weighted by molar-refractivity contribution is -0.131. The van der Waals surface area contributed by atoms with Crippen LogP contribution in [0, 0.1) is 17.2 Å². The van der Waals surface area contributed by atoms with Gasteiger partial charge in [0.15, 0.2) is 5.11 Å². The molecule has 7 nitrogen and oxygen atoms in total. The first-order valence-corrected chi connectivity index (χ1v) is 9.53. The lowest BCUT2D eigenvalue weighted by atomic mass is 10.0. The second-order valence-corrected chi connectivity index (χ2v) is 7.24. The fourth-order valence-electron chi connectivity index (χ4n) is 2.65. The van der Waals surface area contributed by atoms with Crippen molar-refractivity contribution < 1.29 is 14.4 Å². The van der Waals surface area contributed by atoms with Gasteiger partial charge in [-0.05, 0) is 48.6 Å². The molecule has 144 valence electrons. The molecule has 0 unspecified atom stereocenters. The number of amides is 3. The lowest BCUT2D eigenvalue weighted by Gasteiger charge is -2.31. The summed E-state index contributed by atoms with van der Waals surface area (Å²) in [4.78, 5) is 38.9. The summed E-state index contributed by atoms with van der Waals surface area (Å²) in [6, 6.07) is 17.1. The van der Waals surface area contributed by atoms with Crippen LogP contribution in [0.3, 0.4) is 0 Å². The van der Waals surface area contributed by atoms with Gasteiger partial charge in [-0.2, -0.15) is 5.26 Å². The Kier molecular flexibility index (Phi) is 6.16. The van der Waals surface area contributed by atoms with E-state index in [4.69, 9.17) is 12.2 Å². The monoisotopic (exact) mass is 468 g/mol. The number of hydrogen-bond donors (Lipinski definition) is 2. The molecule has 0 saturated carbocycles. The number of nitriles is 1. The van der Waals surface area contributed by atoms with Crippen molar-refractivity contribution in [3.63, 3.8) is 0 Å². The maximum Gasteiger partial charge on any atom is 0.266 e. The summed E-state index contributed by atoms with van der Waals surface area (Å²) in [6.45, 7) is 0. The van der Waals surface area contributed by atoms with Gasteiger partial charge in [-0.1, -0.05) is 40.2 Å². The molecule has 0 radical (unpaired) electrons. The van der Waals surface area contributed by atoms with Crippen LogP contribution in [0.2, 0.25) is 0 Å². The molecule has 2 aromatic carbocycles. The van der Waals surface area contributed by atoms with Crippen LogP contribution < -0.4 is 15.5 Å². The number of hydrogen-bond acceptors (Lipinski definition) is 5. The summed E-state index contributed by atoms with van der Waals surface area (Å²) in [6.07, 6.45) is 1.04. The normalized spacial score (nSPS) is 16.8. The number of carbonyl (C=O) groups is 3. The van der Waals surface area contributed by atoms with Crippen LogP contribution in [0.1, 0.15) is 0 Å². The third-order valence-electron chi connectivity index (χ3n) is 4.00. The zero-order valence-corrected chi connectivity index (χ0v) is 17.2. The van der Waals surface area contributed by atoms with Gasteiger partial charge in [-0.3, -0.25) is 19.3 Å². The number of carbonyl (C=O) groups excluding carboxylic acids is 3. The van der Waals surface area contributed by atoms with Crippen molar-refractivity contribution in [2.45, 2.75) is 0 Å². The smallest absolute Gasteiger partial charge is 0.266 e. The molecule has 1 heterocycles. The molecule has 29 heavy (non-hydrogen) atoms. The minimum atomic E-state index is -1.37. The topological polar surface area (TPSA) is 102 Å². The van der Waals surface area contributed by atoms with Gasteiger partial charge in [0.05, 0.1) is 5.69 Å². The van der Waals surface area contributed by atoms with Crippen LogP contribution >= 0.6 is 28.1 Å². The summed E-state index contributed by atoms with van der Waals surface area (Å²) >= 11 is 8.40. The third kappa shape index (κ3) is 4.56. The van der Waals surface area contributed by atoms with E-state index in [1.807, 2.05) is 0 Å². The standard InChI is InChI=1S/C20H13BrN4O3S/c21-13-5-4-6-14(10-13)23-17(26)12(11-22)9-16-18(27)24-20(29)25(19(16)28)15-7-2-1-3-8-15/h1-10,16H,(H,23,26)(H,24,27,29)/b12-9-/t16-/m1/s1. The number of thiocarbonyl (C=S) groups is 1.